The van der Waals surface area contributed by atoms with Crippen molar-refractivity contribution < 1.29 is 19.1 Å². The molecule has 1 aromatic rings. The molecule has 0 fully saturated rings. The fraction of sp³-hybridized carbons (Fsp3) is 0.429. The number of hydrogen-bond acceptors (Lipinski definition) is 2. The summed E-state index contributed by atoms with van der Waals surface area (Å²) in [5.74, 6) is -2.22. The van der Waals surface area contributed by atoms with Gasteiger partial charge in [0.25, 0.3) is 0 Å². The van der Waals surface area contributed by atoms with Crippen LogP contribution in [0.4, 0.5) is 14.9 Å². The van der Waals surface area contributed by atoms with E-state index in [1.165, 1.54) is 6.07 Å². The lowest BCUT2D eigenvalue weighted by atomic mass is 10.1. The summed E-state index contributed by atoms with van der Waals surface area (Å²) in [5, 5.41) is 14.0. The van der Waals surface area contributed by atoms with Crippen LogP contribution in [0.1, 0.15) is 43.5 Å². The largest absolute Gasteiger partial charge is 0.478 e. The average Bonchev–Trinajstić information content (AvgIpc) is 2.37. The van der Waals surface area contributed by atoms with Crippen LogP contribution in [-0.2, 0) is 0 Å². The predicted molar refractivity (Wildman–Crippen MR) is 74.5 cm³/mol. The zero-order valence-electron chi connectivity index (χ0n) is 11.6. The zero-order chi connectivity index (χ0) is 15.1. The summed E-state index contributed by atoms with van der Waals surface area (Å²) in [6, 6.07) is 3.11. The molecule has 110 valence electrons. The van der Waals surface area contributed by atoms with E-state index in [1.807, 2.05) is 13.8 Å². The topological polar surface area (TPSA) is 78.4 Å². The van der Waals surface area contributed by atoms with Crippen molar-refractivity contribution in [2.24, 2.45) is 0 Å². The van der Waals surface area contributed by atoms with Gasteiger partial charge in [-0.25, -0.2) is 14.0 Å². The minimum Gasteiger partial charge on any atom is -0.478 e. The third kappa shape index (κ3) is 4.53. The predicted octanol–water partition coefficient (Wildman–Crippen LogP) is 3.22. The Labute approximate surface area is 117 Å². The number of carboxylic acids is 1. The number of carbonyl (C=O) groups is 2. The Balaban J connectivity index is 2.66. The molecule has 0 aliphatic carbocycles. The number of anilines is 1. The normalized spacial score (nSPS) is 11.8. The molecule has 2 amide bonds. The minimum absolute atomic E-state index is 0.0724. The maximum absolute atomic E-state index is 13.4. The van der Waals surface area contributed by atoms with Crippen LogP contribution >= 0.6 is 0 Å². The van der Waals surface area contributed by atoms with Crippen LogP contribution in [0, 0.1) is 5.82 Å². The molecule has 0 aliphatic heterocycles. The van der Waals surface area contributed by atoms with Crippen molar-refractivity contribution in [3.8, 4) is 0 Å². The van der Waals surface area contributed by atoms with Crippen molar-refractivity contribution in [1.82, 2.24) is 5.32 Å². The molecule has 0 saturated heterocycles. The Hall–Kier alpha value is -2.11. The molecule has 1 rings (SSSR count). The number of carbonyl (C=O) groups excluding carboxylic acids is 1. The molecule has 5 nitrogen and oxygen atoms in total. The van der Waals surface area contributed by atoms with Crippen molar-refractivity contribution >= 4 is 17.7 Å². The molecule has 0 saturated carbocycles. The molecular formula is C14H19FN2O3. The molecule has 3 N–H and O–H groups in total. The van der Waals surface area contributed by atoms with E-state index in [-0.39, 0.29) is 11.7 Å². The van der Waals surface area contributed by atoms with Gasteiger partial charge in [0, 0.05) is 11.7 Å². The van der Waals surface area contributed by atoms with Gasteiger partial charge in [-0.3, -0.25) is 0 Å². The zero-order valence-corrected chi connectivity index (χ0v) is 11.6. The summed E-state index contributed by atoms with van der Waals surface area (Å²) >= 11 is 0. The van der Waals surface area contributed by atoms with Gasteiger partial charge in [0.15, 0.2) is 0 Å². The Kier molecular flexibility index (Phi) is 5.96. The van der Waals surface area contributed by atoms with Gasteiger partial charge in [-0.2, -0.15) is 0 Å². The summed E-state index contributed by atoms with van der Waals surface area (Å²) in [6.45, 7) is 4.00. The molecule has 1 unspecified atom stereocenters. The van der Waals surface area contributed by atoms with Crippen LogP contribution in [0.25, 0.3) is 0 Å². The quantitative estimate of drug-likeness (QED) is 0.749. The monoisotopic (exact) mass is 282 g/mol. The van der Waals surface area contributed by atoms with E-state index in [0.717, 1.165) is 31.4 Å². The number of carboxylic acid groups (broad SMARTS) is 1. The first-order chi connectivity index (χ1) is 9.47. The molecule has 0 heterocycles. The van der Waals surface area contributed by atoms with E-state index >= 15 is 0 Å². The number of rotatable bonds is 6. The van der Waals surface area contributed by atoms with Crippen molar-refractivity contribution in [3.05, 3.63) is 29.6 Å². The van der Waals surface area contributed by atoms with Gasteiger partial charge < -0.3 is 15.7 Å². The Bertz CT molecular complexity index is 491. The van der Waals surface area contributed by atoms with Crippen LogP contribution in [0.3, 0.4) is 0 Å². The highest BCUT2D eigenvalue weighted by Crippen LogP contribution is 2.14. The third-order valence-corrected chi connectivity index (χ3v) is 2.92. The SMILES string of the molecule is CCCC(CC)NC(=O)Nc1ccc(C(=O)O)c(F)c1. The molecule has 0 aliphatic rings. The summed E-state index contributed by atoms with van der Waals surface area (Å²) in [6.07, 6.45) is 2.64. The van der Waals surface area contributed by atoms with E-state index in [0.29, 0.717) is 0 Å². The maximum atomic E-state index is 13.4. The van der Waals surface area contributed by atoms with Gasteiger partial charge in [0.1, 0.15) is 5.82 Å². The van der Waals surface area contributed by atoms with Crippen molar-refractivity contribution in [3.63, 3.8) is 0 Å². The Morgan fingerprint density at radius 1 is 1.35 bits per heavy atom. The molecule has 1 aromatic carbocycles. The first kappa shape index (κ1) is 15.9. The van der Waals surface area contributed by atoms with Gasteiger partial charge in [0.2, 0.25) is 0 Å². The van der Waals surface area contributed by atoms with Gasteiger partial charge in [-0.1, -0.05) is 20.3 Å². The highest BCUT2D eigenvalue weighted by atomic mass is 19.1. The Morgan fingerprint density at radius 2 is 2.05 bits per heavy atom. The van der Waals surface area contributed by atoms with Crippen LogP contribution in [-0.4, -0.2) is 23.1 Å². The first-order valence-corrected chi connectivity index (χ1v) is 6.58. The number of aromatic carboxylic acids is 1. The van der Waals surface area contributed by atoms with Gasteiger partial charge >= 0.3 is 12.0 Å². The van der Waals surface area contributed by atoms with Crippen molar-refractivity contribution in [2.45, 2.75) is 39.2 Å². The lowest BCUT2D eigenvalue weighted by molar-refractivity contribution is 0.0692. The average molecular weight is 282 g/mol. The molecule has 1 atom stereocenters. The number of amides is 2. The van der Waals surface area contributed by atoms with Crippen LogP contribution < -0.4 is 10.6 Å². The summed E-state index contributed by atoms with van der Waals surface area (Å²) in [5.41, 5.74) is -0.204. The molecule has 0 radical (unpaired) electrons. The van der Waals surface area contributed by atoms with E-state index in [9.17, 15) is 14.0 Å². The van der Waals surface area contributed by atoms with Crippen molar-refractivity contribution in [2.75, 3.05) is 5.32 Å². The molecule has 0 bridgehead atoms. The minimum atomic E-state index is -1.34. The molecule has 6 heteroatoms. The second-order valence-corrected chi connectivity index (χ2v) is 4.49. The van der Waals surface area contributed by atoms with E-state index < -0.39 is 23.4 Å². The standard InChI is InChI=1S/C14H19FN2O3/c1-3-5-9(4-2)16-14(20)17-10-6-7-11(13(18)19)12(15)8-10/h6-9H,3-5H2,1-2H3,(H,18,19)(H2,16,17,20). The van der Waals surface area contributed by atoms with E-state index in [2.05, 4.69) is 10.6 Å². The summed E-state index contributed by atoms with van der Waals surface area (Å²) in [4.78, 5) is 22.4. The first-order valence-electron chi connectivity index (χ1n) is 6.58. The summed E-state index contributed by atoms with van der Waals surface area (Å²) < 4.78 is 13.4. The van der Waals surface area contributed by atoms with E-state index in [4.69, 9.17) is 5.11 Å². The van der Waals surface area contributed by atoms with Gasteiger partial charge in [-0.15, -0.1) is 0 Å². The molecular weight excluding hydrogens is 263 g/mol. The lowest BCUT2D eigenvalue weighted by Gasteiger charge is -2.16. The molecule has 0 aromatic heterocycles. The fourth-order valence-electron chi connectivity index (χ4n) is 1.85. The molecule has 20 heavy (non-hydrogen) atoms. The van der Waals surface area contributed by atoms with Crippen LogP contribution in [0.2, 0.25) is 0 Å². The van der Waals surface area contributed by atoms with Crippen LogP contribution in [0.15, 0.2) is 18.2 Å². The number of halogens is 1. The number of hydrogen-bond donors (Lipinski definition) is 3. The van der Waals surface area contributed by atoms with Crippen molar-refractivity contribution in [1.29, 1.82) is 0 Å². The number of benzene rings is 1. The van der Waals surface area contributed by atoms with Crippen LogP contribution in [0.5, 0.6) is 0 Å². The number of urea groups is 1. The van der Waals surface area contributed by atoms with E-state index in [1.54, 1.807) is 0 Å². The highest BCUT2D eigenvalue weighted by Gasteiger charge is 2.13. The second kappa shape index (κ2) is 7.47. The fourth-order valence-corrected chi connectivity index (χ4v) is 1.85. The second-order valence-electron chi connectivity index (χ2n) is 4.49. The molecule has 0 spiro atoms. The Morgan fingerprint density at radius 3 is 2.55 bits per heavy atom. The number of nitrogens with one attached hydrogen (secondary N) is 2. The maximum Gasteiger partial charge on any atom is 0.338 e. The lowest BCUT2D eigenvalue weighted by Crippen LogP contribution is -2.37. The van der Waals surface area contributed by atoms with Gasteiger partial charge in [0.05, 0.1) is 5.56 Å². The van der Waals surface area contributed by atoms with Gasteiger partial charge in [-0.05, 0) is 31.0 Å². The third-order valence-electron chi connectivity index (χ3n) is 2.92. The summed E-state index contributed by atoms with van der Waals surface area (Å²) in [7, 11) is 0. The highest BCUT2D eigenvalue weighted by molar-refractivity contribution is 5.91. The smallest absolute Gasteiger partial charge is 0.338 e.